The minimum absolute atomic E-state index is 0.228. The smallest absolute Gasteiger partial charge is 0.191 e. The lowest BCUT2D eigenvalue weighted by molar-refractivity contribution is 0.0177. The molecule has 2 aliphatic heterocycles. The van der Waals surface area contributed by atoms with Crippen molar-refractivity contribution in [3.05, 3.63) is 46.0 Å². The maximum atomic E-state index is 5.75. The van der Waals surface area contributed by atoms with Crippen LogP contribution in [-0.2, 0) is 4.74 Å². The number of thiophene rings is 1. The van der Waals surface area contributed by atoms with Gasteiger partial charge in [-0.05, 0) is 57.1 Å². The third-order valence-corrected chi connectivity index (χ3v) is 7.28. The third kappa shape index (κ3) is 5.88. The van der Waals surface area contributed by atoms with Gasteiger partial charge in [-0.25, -0.2) is 0 Å². The molecule has 0 radical (unpaired) electrons. The summed E-state index contributed by atoms with van der Waals surface area (Å²) < 4.78 is 11.3. The summed E-state index contributed by atoms with van der Waals surface area (Å²) in [6.45, 7) is 9.53. The third-order valence-electron chi connectivity index (χ3n) is 6.18. The molecule has 2 unspecified atom stereocenters. The molecule has 0 spiro atoms. The van der Waals surface area contributed by atoms with Gasteiger partial charge in [0, 0.05) is 43.0 Å². The number of nitrogens with one attached hydrogen (secondary N) is 2. The molecule has 2 aliphatic rings. The van der Waals surface area contributed by atoms with Crippen LogP contribution < -0.4 is 10.6 Å². The first kappa shape index (κ1) is 22.3. The molecule has 4 heterocycles. The van der Waals surface area contributed by atoms with E-state index in [0.29, 0.717) is 6.04 Å². The van der Waals surface area contributed by atoms with Crippen molar-refractivity contribution in [3.63, 3.8) is 0 Å². The number of morpholine rings is 1. The number of hydrogen-bond acceptors (Lipinski definition) is 6. The molecule has 170 valence electrons. The monoisotopic (exact) mass is 445 g/mol. The van der Waals surface area contributed by atoms with E-state index in [1.807, 2.05) is 24.5 Å². The van der Waals surface area contributed by atoms with Gasteiger partial charge in [-0.3, -0.25) is 14.8 Å². The van der Waals surface area contributed by atoms with Crippen molar-refractivity contribution in [1.82, 2.24) is 20.4 Å². The van der Waals surface area contributed by atoms with Gasteiger partial charge in [0.1, 0.15) is 5.76 Å². The number of rotatable bonds is 8. The van der Waals surface area contributed by atoms with Crippen LogP contribution in [0.3, 0.4) is 0 Å². The SMILES string of the molecule is CN=C(NCC(c1ccco1)N1CCCC1)NCC(c1ccc(C)s1)N1CCOCC1. The van der Waals surface area contributed by atoms with Crippen LogP contribution in [0.15, 0.2) is 39.9 Å². The Hall–Kier alpha value is -1.87. The summed E-state index contributed by atoms with van der Waals surface area (Å²) in [7, 11) is 1.84. The number of ether oxygens (including phenoxy) is 1. The zero-order valence-electron chi connectivity index (χ0n) is 18.7. The van der Waals surface area contributed by atoms with E-state index in [9.17, 15) is 0 Å². The van der Waals surface area contributed by atoms with Gasteiger partial charge >= 0.3 is 0 Å². The number of aliphatic imine (C=N–C) groups is 1. The van der Waals surface area contributed by atoms with Gasteiger partial charge in [0.25, 0.3) is 0 Å². The summed E-state index contributed by atoms with van der Waals surface area (Å²) in [5.74, 6) is 1.85. The summed E-state index contributed by atoms with van der Waals surface area (Å²) in [5, 5.41) is 7.13. The first-order chi connectivity index (χ1) is 15.2. The lowest BCUT2D eigenvalue weighted by atomic mass is 10.2. The minimum atomic E-state index is 0.228. The van der Waals surface area contributed by atoms with Crippen LogP contribution >= 0.6 is 11.3 Å². The fourth-order valence-electron chi connectivity index (χ4n) is 4.48. The topological polar surface area (TPSA) is 65.3 Å². The molecular weight excluding hydrogens is 410 g/mol. The Labute approximate surface area is 189 Å². The molecule has 4 rings (SSSR count). The molecule has 2 saturated heterocycles. The van der Waals surface area contributed by atoms with E-state index < -0.39 is 0 Å². The molecular formula is C23H35N5O2S. The molecule has 0 amide bonds. The number of hydrogen-bond donors (Lipinski definition) is 2. The maximum absolute atomic E-state index is 5.75. The van der Waals surface area contributed by atoms with Gasteiger partial charge in [0.2, 0.25) is 0 Å². The Kier molecular flexibility index (Phi) is 8.02. The lowest BCUT2D eigenvalue weighted by Crippen LogP contribution is -2.47. The second-order valence-electron chi connectivity index (χ2n) is 8.22. The summed E-state index contributed by atoms with van der Waals surface area (Å²) in [6, 6.07) is 9.07. The van der Waals surface area contributed by atoms with E-state index in [-0.39, 0.29) is 6.04 Å². The molecule has 0 aromatic carbocycles. The van der Waals surface area contributed by atoms with Gasteiger partial charge in [0.05, 0.1) is 31.6 Å². The average molecular weight is 446 g/mol. The Balaban J connectivity index is 1.37. The summed E-state index contributed by atoms with van der Waals surface area (Å²) in [6.07, 6.45) is 4.28. The number of nitrogens with zero attached hydrogens (tertiary/aromatic N) is 3. The predicted molar refractivity (Wildman–Crippen MR) is 126 cm³/mol. The van der Waals surface area contributed by atoms with Crippen LogP contribution in [0.4, 0.5) is 0 Å². The normalized spacial score (nSPS) is 20.6. The van der Waals surface area contributed by atoms with E-state index in [4.69, 9.17) is 9.15 Å². The van der Waals surface area contributed by atoms with Gasteiger partial charge in [-0.2, -0.15) is 0 Å². The van der Waals surface area contributed by atoms with Crippen molar-refractivity contribution in [2.45, 2.75) is 31.8 Å². The van der Waals surface area contributed by atoms with Crippen molar-refractivity contribution in [1.29, 1.82) is 0 Å². The zero-order chi connectivity index (χ0) is 21.5. The molecule has 7 nitrogen and oxygen atoms in total. The molecule has 0 aliphatic carbocycles. The molecule has 2 aromatic heterocycles. The highest BCUT2D eigenvalue weighted by molar-refractivity contribution is 7.12. The number of aryl methyl sites for hydroxylation is 1. The van der Waals surface area contributed by atoms with Crippen LogP contribution in [0.1, 0.15) is 40.4 Å². The molecule has 2 aromatic rings. The van der Waals surface area contributed by atoms with E-state index in [0.717, 1.165) is 64.2 Å². The van der Waals surface area contributed by atoms with Gasteiger partial charge in [0.15, 0.2) is 5.96 Å². The van der Waals surface area contributed by atoms with Gasteiger partial charge in [-0.1, -0.05) is 0 Å². The van der Waals surface area contributed by atoms with E-state index in [1.54, 1.807) is 6.26 Å². The van der Waals surface area contributed by atoms with Crippen LogP contribution in [0.2, 0.25) is 0 Å². The number of guanidine groups is 1. The Bertz CT molecular complexity index is 810. The van der Waals surface area contributed by atoms with E-state index in [1.165, 1.54) is 22.6 Å². The lowest BCUT2D eigenvalue weighted by Gasteiger charge is -2.34. The van der Waals surface area contributed by atoms with Crippen LogP contribution in [-0.4, -0.2) is 75.3 Å². The number of furan rings is 1. The average Bonchev–Trinajstić information content (AvgIpc) is 3.57. The Morgan fingerprint density at radius 1 is 1.03 bits per heavy atom. The summed E-state index contributed by atoms with van der Waals surface area (Å²) in [5.41, 5.74) is 0. The Morgan fingerprint density at radius 3 is 2.35 bits per heavy atom. The minimum Gasteiger partial charge on any atom is -0.468 e. The van der Waals surface area contributed by atoms with Crippen LogP contribution in [0.25, 0.3) is 0 Å². The predicted octanol–water partition coefficient (Wildman–Crippen LogP) is 3.02. The molecule has 0 saturated carbocycles. The Morgan fingerprint density at radius 2 is 1.74 bits per heavy atom. The van der Waals surface area contributed by atoms with E-state index in [2.05, 4.69) is 50.5 Å². The molecule has 2 N–H and O–H groups in total. The van der Waals surface area contributed by atoms with Gasteiger partial charge in [-0.15, -0.1) is 11.3 Å². The van der Waals surface area contributed by atoms with Crippen LogP contribution in [0, 0.1) is 6.92 Å². The zero-order valence-corrected chi connectivity index (χ0v) is 19.5. The van der Waals surface area contributed by atoms with E-state index >= 15 is 0 Å². The number of likely N-dealkylation sites (tertiary alicyclic amines) is 1. The quantitative estimate of drug-likeness (QED) is 0.481. The molecule has 0 bridgehead atoms. The first-order valence-electron chi connectivity index (χ1n) is 11.3. The summed E-state index contributed by atoms with van der Waals surface area (Å²) in [4.78, 5) is 12.3. The highest BCUT2D eigenvalue weighted by atomic mass is 32.1. The van der Waals surface area contributed by atoms with Gasteiger partial charge < -0.3 is 19.8 Å². The second-order valence-corrected chi connectivity index (χ2v) is 9.54. The second kappa shape index (κ2) is 11.1. The standard InChI is InChI=1S/C23H35N5O2S/c1-18-7-8-22(31-18)20(28-11-14-29-15-12-28)17-26-23(24-2)25-16-19(21-6-5-13-30-21)27-9-3-4-10-27/h5-8,13,19-20H,3-4,9-12,14-17H2,1-2H3,(H2,24,25,26). The van der Waals surface area contributed by atoms with Crippen molar-refractivity contribution in [2.75, 3.05) is 59.5 Å². The maximum Gasteiger partial charge on any atom is 0.191 e. The highest BCUT2D eigenvalue weighted by Crippen LogP contribution is 2.28. The van der Waals surface area contributed by atoms with Crippen molar-refractivity contribution < 1.29 is 9.15 Å². The first-order valence-corrected chi connectivity index (χ1v) is 12.2. The fourth-order valence-corrected chi connectivity index (χ4v) is 5.49. The molecule has 2 atom stereocenters. The van der Waals surface area contributed by atoms with Crippen LogP contribution in [0.5, 0.6) is 0 Å². The van der Waals surface area contributed by atoms with Crippen molar-refractivity contribution in [2.24, 2.45) is 4.99 Å². The molecule has 2 fully saturated rings. The summed E-state index contributed by atoms with van der Waals surface area (Å²) >= 11 is 1.88. The molecule has 31 heavy (non-hydrogen) atoms. The largest absolute Gasteiger partial charge is 0.468 e. The van der Waals surface area contributed by atoms with Crippen molar-refractivity contribution in [3.8, 4) is 0 Å². The fraction of sp³-hybridized carbons (Fsp3) is 0.609. The highest BCUT2D eigenvalue weighted by Gasteiger charge is 2.27. The van der Waals surface area contributed by atoms with Crippen molar-refractivity contribution >= 4 is 17.3 Å². The molecule has 8 heteroatoms.